The molecular weight excluding hydrogens is 196 g/mol. The highest BCUT2D eigenvalue weighted by Crippen LogP contribution is 2.63. The summed E-state index contributed by atoms with van der Waals surface area (Å²) in [5.74, 6) is 0.806. The molecule has 0 radical (unpaired) electrons. The summed E-state index contributed by atoms with van der Waals surface area (Å²) in [4.78, 5) is 8.36. The average Bonchev–Trinajstić information content (AvgIpc) is 2.36. The molecule has 2 N–H and O–H groups in total. The largest absolute Gasteiger partial charge is 0.328 e. The minimum atomic E-state index is -1.50. The van der Waals surface area contributed by atoms with Crippen molar-refractivity contribution in [2.24, 2.45) is 16.7 Å². The van der Waals surface area contributed by atoms with Gasteiger partial charge in [-0.25, -0.2) is 0 Å². The Morgan fingerprint density at radius 1 is 1.53 bits per heavy atom. The topological polar surface area (TPSA) is 87.2 Å². The first kappa shape index (κ1) is 11.9. The molecule has 0 saturated heterocycles. The van der Waals surface area contributed by atoms with Gasteiger partial charge in [-0.15, -0.1) is 10.1 Å². The molecule has 0 spiro atoms. The smallest absolute Gasteiger partial charge is 0.291 e. The molecule has 2 unspecified atom stereocenters. The standard InChI is InChI=1S/C10H17N.HNO3/c1-9(2)7-4-5-10(9,3)8(11)6-7;2-1(3)4/h7,11H,4-6H2,1-3H3;(H,2,3,4). The molecule has 86 valence electrons. The van der Waals surface area contributed by atoms with Crippen LogP contribution < -0.4 is 0 Å². The van der Waals surface area contributed by atoms with Crippen LogP contribution in [-0.4, -0.2) is 16.0 Å². The van der Waals surface area contributed by atoms with Crippen LogP contribution in [0.15, 0.2) is 0 Å². The molecule has 0 amide bonds. The van der Waals surface area contributed by atoms with Crippen LogP contribution in [0.5, 0.6) is 0 Å². The molecule has 0 aromatic rings. The zero-order chi connectivity index (χ0) is 11.9. The fourth-order valence-corrected chi connectivity index (χ4v) is 2.97. The summed E-state index contributed by atoms with van der Waals surface area (Å²) < 4.78 is 0. The maximum Gasteiger partial charge on any atom is 0.291 e. The van der Waals surface area contributed by atoms with Gasteiger partial charge in [0.25, 0.3) is 5.09 Å². The van der Waals surface area contributed by atoms with Crippen molar-refractivity contribution in [1.82, 2.24) is 0 Å². The molecule has 2 aliphatic carbocycles. The second-order valence-corrected chi connectivity index (χ2v) is 5.21. The molecule has 2 atom stereocenters. The zero-order valence-electron chi connectivity index (χ0n) is 9.41. The van der Waals surface area contributed by atoms with E-state index in [0.717, 1.165) is 18.1 Å². The Hall–Kier alpha value is -1.13. The van der Waals surface area contributed by atoms with Crippen LogP contribution in [0.25, 0.3) is 0 Å². The van der Waals surface area contributed by atoms with Crippen LogP contribution in [0.3, 0.4) is 0 Å². The number of nitrogens with zero attached hydrogens (tertiary/aromatic N) is 1. The molecule has 0 heterocycles. The molecule has 0 aromatic heterocycles. The number of fused-ring (bicyclic) bond motifs is 2. The summed E-state index contributed by atoms with van der Waals surface area (Å²) in [5, 5.41) is 21.5. The lowest BCUT2D eigenvalue weighted by molar-refractivity contribution is -0.742. The van der Waals surface area contributed by atoms with Gasteiger partial charge in [0.2, 0.25) is 0 Å². The maximum absolute atomic E-state index is 8.36. The maximum atomic E-state index is 8.36. The molecule has 15 heavy (non-hydrogen) atoms. The summed E-state index contributed by atoms with van der Waals surface area (Å²) in [6, 6.07) is 0. The highest BCUT2D eigenvalue weighted by atomic mass is 16.9. The molecular formula is C10H18N2O3. The number of hydrogen-bond acceptors (Lipinski definition) is 3. The van der Waals surface area contributed by atoms with E-state index < -0.39 is 5.09 Å². The summed E-state index contributed by atoms with van der Waals surface area (Å²) in [6.07, 6.45) is 3.68. The Labute approximate surface area is 89.1 Å². The predicted molar refractivity (Wildman–Crippen MR) is 55.7 cm³/mol. The van der Waals surface area contributed by atoms with Crippen LogP contribution in [0.2, 0.25) is 0 Å². The van der Waals surface area contributed by atoms with Gasteiger partial charge in [0.15, 0.2) is 0 Å². The van der Waals surface area contributed by atoms with E-state index in [0.29, 0.717) is 5.41 Å². The first-order valence-electron chi connectivity index (χ1n) is 5.13. The van der Waals surface area contributed by atoms with Crippen LogP contribution in [0, 0.1) is 32.3 Å². The lowest BCUT2D eigenvalue weighted by Crippen LogP contribution is -2.31. The van der Waals surface area contributed by atoms with Gasteiger partial charge in [0, 0.05) is 11.1 Å². The third-order valence-electron chi connectivity index (χ3n) is 4.55. The molecule has 2 aliphatic rings. The fraction of sp³-hybridized carbons (Fsp3) is 0.900. The van der Waals surface area contributed by atoms with Crippen molar-refractivity contribution in [3.8, 4) is 0 Å². The first-order chi connectivity index (χ1) is 6.72. The molecule has 2 saturated carbocycles. The second-order valence-electron chi connectivity index (χ2n) is 5.21. The molecule has 2 rings (SSSR count). The van der Waals surface area contributed by atoms with Gasteiger partial charge in [0.1, 0.15) is 0 Å². The van der Waals surface area contributed by atoms with E-state index in [1.54, 1.807) is 0 Å². The van der Waals surface area contributed by atoms with Crippen molar-refractivity contribution < 1.29 is 10.3 Å². The Kier molecular flexibility index (Phi) is 2.76. The molecule has 5 heteroatoms. The highest BCUT2D eigenvalue weighted by Gasteiger charge is 2.59. The first-order valence-corrected chi connectivity index (χ1v) is 5.13. The Morgan fingerprint density at radius 2 is 2.00 bits per heavy atom. The molecule has 5 nitrogen and oxygen atoms in total. The van der Waals surface area contributed by atoms with Gasteiger partial charge in [0.05, 0.1) is 0 Å². The molecule has 0 aliphatic heterocycles. The average molecular weight is 214 g/mol. The minimum absolute atomic E-state index is 0.248. The Morgan fingerprint density at radius 3 is 2.13 bits per heavy atom. The van der Waals surface area contributed by atoms with E-state index in [2.05, 4.69) is 20.8 Å². The molecule has 0 aromatic carbocycles. The van der Waals surface area contributed by atoms with Crippen molar-refractivity contribution in [1.29, 1.82) is 5.41 Å². The van der Waals surface area contributed by atoms with E-state index in [4.69, 9.17) is 20.7 Å². The highest BCUT2D eigenvalue weighted by molar-refractivity contribution is 5.91. The zero-order valence-corrected chi connectivity index (χ0v) is 9.41. The third kappa shape index (κ3) is 1.70. The minimum Gasteiger partial charge on any atom is -0.328 e. The quantitative estimate of drug-likeness (QED) is 0.479. The summed E-state index contributed by atoms with van der Waals surface area (Å²) >= 11 is 0. The Balaban J connectivity index is 0.000000245. The van der Waals surface area contributed by atoms with Gasteiger partial charge in [-0.1, -0.05) is 20.8 Å². The summed E-state index contributed by atoms with van der Waals surface area (Å²) in [7, 11) is 0. The molecule has 2 bridgehead atoms. The van der Waals surface area contributed by atoms with Gasteiger partial charge in [-0.2, -0.15) is 0 Å². The van der Waals surface area contributed by atoms with Crippen molar-refractivity contribution in [2.75, 3.05) is 0 Å². The van der Waals surface area contributed by atoms with Crippen molar-refractivity contribution >= 4 is 5.71 Å². The van der Waals surface area contributed by atoms with E-state index in [9.17, 15) is 0 Å². The normalized spacial score (nSPS) is 35.9. The van der Waals surface area contributed by atoms with Crippen LogP contribution in [0.4, 0.5) is 0 Å². The van der Waals surface area contributed by atoms with Crippen molar-refractivity contribution in [3.63, 3.8) is 0 Å². The number of rotatable bonds is 0. The van der Waals surface area contributed by atoms with Gasteiger partial charge in [-0.05, 0) is 30.6 Å². The lowest BCUT2D eigenvalue weighted by Gasteiger charge is -2.34. The van der Waals surface area contributed by atoms with Crippen LogP contribution in [0.1, 0.15) is 40.0 Å². The van der Waals surface area contributed by atoms with Crippen molar-refractivity contribution in [2.45, 2.75) is 40.0 Å². The predicted octanol–water partition coefficient (Wildman–Crippen LogP) is 2.50. The van der Waals surface area contributed by atoms with Crippen LogP contribution >= 0.6 is 0 Å². The van der Waals surface area contributed by atoms with E-state index >= 15 is 0 Å². The second kappa shape index (κ2) is 3.47. The van der Waals surface area contributed by atoms with Crippen molar-refractivity contribution in [3.05, 3.63) is 10.1 Å². The summed E-state index contributed by atoms with van der Waals surface area (Å²) in [5.41, 5.74) is 1.67. The van der Waals surface area contributed by atoms with E-state index in [-0.39, 0.29) is 5.41 Å². The molecule has 2 fully saturated rings. The monoisotopic (exact) mass is 214 g/mol. The van der Waals surface area contributed by atoms with Gasteiger partial charge in [-0.3, -0.25) is 0 Å². The van der Waals surface area contributed by atoms with E-state index in [1.165, 1.54) is 12.8 Å². The van der Waals surface area contributed by atoms with Gasteiger partial charge >= 0.3 is 0 Å². The number of nitrogens with one attached hydrogen (secondary N) is 1. The van der Waals surface area contributed by atoms with Crippen LogP contribution in [-0.2, 0) is 0 Å². The van der Waals surface area contributed by atoms with E-state index in [1.807, 2.05) is 0 Å². The lowest BCUT2D eigenvalue weighted by atomic mass is 9.70. The number of hydrogen-bond donors (Lipinski definition) is 2. The van der Waals surface area contributed by atoms with Gasteiger partial charge < -0.3 is 10.6 Å². The summed E-state index contributed by atoms with van der Waals surface area (Å²) in [6.45, 7) is 6.96. The Bertz CT molecular complexity index is 297. The fourth-order valence-electron chi connectivity index (χ4n) is 2.97. The SMILES string of the molecule is CC12CCC(CC1=N)C2(C)C.O=[N+]([O-])O. The third-order valence-corrected chi connectivity index (χ3v) is 4.55.